The van der Waals surface area contributed by atoms with Gasteiger partial charge in [0.15, 0.2) is 0 Å². The number of hydrogen-bond donors (Lipinski definition) is 1. The summed E-state index contributed by atoms with van der Waals surface area (Å²) in [5.41, 5.74) is -0.0709. The second-order valence-electron chi connectivity index (χ2n) is 5.89. The lowest BCUT2D eigenvalue weighted by molar-refractivity contribution is -0.134. The highest BCUT2D eigenvalue weighted by Gasteiger charge is 2.39. The molecule has 2 nitrogen and oxygen atoms in total. The average Bonchev–Trinajstić information content (AvgIpc) is 1.99. The van der Waals surface area contributed by atoms with Gasteiger partial charge in [-0.2, -0.15) is 0 Å². The van der Waals surface area contributed by atoms with Gasteiger partial charge in [0.1, 0.15) is 0 Å². The van der Waals surface area contributed by atoms with Crippen molar-refractivity contribution in [2.24, 2.45) is 16.7 Å². The SMILES string of the molecule is CNC(=O)C(C)(CC(C)(C)C)C(C)C. The molecule has 0 saturated carbocycles. The molecule has 2 heteroatoms. The maximum atomic E-state index is 11.8. The fourth-order valence-corrected chi connectivity index (χ4v) is 1.93. The van der Waals surface area contributed by atoms with Crippen LogP contribution in [0.1, 0.15) is 48.0 Å². The summed E-state index contributed by atoms with van der Waals surface area (Å²) in [4.78, 5) is 11.8. The lowest BCUT2D eigenvalue weighted by Crippen LogP contribution is -2.43. The van der Waals surface area contributed by atoms with Crippen molar-refractivity contribution in [1.29, 1.82) is 0 Å². The van der Waals surface area contributed by atoms with E-state index in [2.05, 4.69) is 46.9 Å². The van der Waals surface area contributed by atoms with Crippen LogP contribution in [-0.2, 0) is 4.79 Å². The number of carbonyl (C=O) groups excluding carboxylic acids is 1. The first-order valence-corrected chi connectivity index (χ1v) is 5.35. The second-order valence-corrected chi connectivity index (χ2v) is 5.89. The molecule has 0 rings (SSSR count). The van der Waals surface area contributed by atoms with E-state index in [0.29, 0.717) is 5.92 Å². The summed E-state index contributed by atoms with van der Waals surface area (Å²) in [6, 6.07) is 0. The minimum absolute atomic E-state index is 0.155. The smallest absolute Gasteiger partial charge is 0.225 e. The van der Waals surface area contributed by atoms with Crippen LogP contribution in [-0.4, -0.2) is 13.0 Å². The summed E-state index contributed by atoms with van der Waals surface area (Å²) in [5.74, 6) is 0.518. The van der Waals surface area contributed by atoms with Crippen molar-refractivity contribution in [2.45, 2.75) is 48.0 Å². The monoisotopic (exact) mass is 199 g/mol. The van der Waals surface area contributed by atoms with Crippen molar-refractivity contribution < 1.29 is 4.79 Å². The van der Waals surface area contributed by atoms with E-state index < -0.39 is 0 Å². The summed E-state index contributed by atoms with van der Waals surface area (Å²) in [6.07, 6.45) is 0.914. The summed E-state index contributed by atoms with van der Waals surface area (Å²) in [5, 5.41) is 2.77. The van der Waals surface area contributed by atoms with Crippen molar-refractivity contribution in [1.82, 2.24) is 5.32 Å². The van der Waals surface area contributed by atoms with Gasteiger partial charge in [-0.1, -0.05) is 41.5 Å². The van der Waals surface area contributed by atoms with E-state index >= 15 is 0 Å². The highest BCUT2D eigenvalue weighted by molar-refractivity contribution is 5.82. The third-order valence-electron chi connectivity index (χ3n) is 2.92. The lowest BCUT2D eigenvalue weighted by Gasteiger charge is -2.37. The molecule has 0 bridgehead atoms. The molecule has 84 valence electrons. The Morgan fingerprint density at radius 3 is 1.86 bits per heavy atom. The van der Waals surface area contributed by atoms with Crippen LogP contribution in [0.15, 0.2) is 0 Å². The summed E-state index contributed by atoms with van der Waals surface area (Å²) in [7, 11) is 1.71. The van der Waals surface area contributed by atoms with E-state index in [0.717, 1.165) is 6.42 Å². The molecule has 1 atom stereocenters. The zero-order valence-corrected chi connectivity index (χ0v) is 10.7. The zero-order chi connectivity index (χ0) is 11.6. The van der Waals surface area contributed by atoms with Crippen LogP contribution >= 0.6 is 0 Å². The van der Waals surface area contributed by atoms with E-state index in [1.807, 2.05) is 0 Å². The molecule has 1 amide bonds. The Labute approximate surface area is 88.5 Å². The van der Waals surface area contributed by atoms with E-state index in [4.69, 9.17) is 0 Å². The van der Waals surface area contributed by atoms with Gasteiger partial charge in [0, 0.05) is 12.5 Å². The topological polar surface area (TPSA) is 29.1 Å². The van der Waals surface area contributed by atoms with E-state index in [-0.39, 0.29) is 16.7 Å². The van der Waals surface area contributed by atoms with Crippen molar-refractivity contribution in [3.05, 3.63) is 0 Å². The van der Waals surface area contributed by atoms with Crippen LogP contribution in [0.25, 0.3) is 0 Å². The molecule has 0 aliphatic heterocycles. The Bertz CT molecular complexity index is 203. The molecule has 1 N–H and O–H groups in total. The van der Waals surface area contributed by atoms with Gasteiger partial charge in [0.2, 0.25) is 5.91 Å². The first kappa shape index (κ1) is 13.5. The minimum atomic E-state index is -0.257. The summed E-state index contributed by atoms with van der Waals surface area (Å²) in [6.45, 7) is 12.8. The number of amides is 1. The van der Waals surface area contributed by atoms with Crippen molar-refractivity contribution in [2.75, 3.05) is 7.05 Å². The molecule has 0 saturated heterocycles. The third-order valence-corrected chi connectivity index (χ3v) is 2.92. The number of rotatable bonds is 3. The Balaban J connectivity index is 4.83. The number of hydrogen-bond acceptors (Lipinski definition) is 1. The maximum absolute atomic E-state index is 11.8. The van der Waals surface area contributed by atoms with Crippen LogP contribution < -0.4 is 5.32 Å². The van der Waals surface area contributed by atoms with Crippen molar-refractivity contribution >= 4 is 5.91 Å². The van der Waals surface area contributed by atoms with Gasteiger partial charge < -0.3 is 5.32 Å². The Morgan fingerprint density at radius 2 is 1.64 bits per heavy atom. The lowest BCUT2D eigenvalue weighted by atomic mass is 9.68. The highest BCUT2D eigenvalue weighted by Crippen LogP contribution is 2.39. The van der Waals surface area contributed by atoms with Crippen LogP contribution in [0, 0.1) is 16.7 Å². The third kappa shape index (κ3) is 3.32. The molecule has 0 aromatic carbocycles. The van der Waals surface area contributed by atoms with Gasteiger partial charge in [-0.3, -0.25) is 4.79 Å². The molecule has 0 spiro atoms. The molecule has 1 unspecified atom stereocenters. The molecule has 14 heavy (non-hydrogen) atoms. The van der Waals surface area contributed by atoms with E-state index in [9.17, 15) is 4.79 Å². The fourth-order valence-electron chi connectivity index (χ4n) is 1.93. The predicted octanol–water partition coefficient (Wildman–Crippen LogP) is 2.83. The fraction of sp³-hybridized carbons (Fsp3) is 0.917. The maximum Gasteiger partial charge on any atom is 0.225 e. The molecule has 0 aliphatic carbocycles. The Morgan fingerprint density at radius 1 is 1.21 bits per heavy atom. The van der Waals surface area contributed by atoms with Crippen LogP contribution in [0.4, 0.5) is 0 Å². The number of nitrogens with one attached hydrogen (secondary N) is 1. The van der Waals surface area contributed by atoms with Gasteiger partial charge >= 0.3 is 0 Å². The largest absolute Gasteiger partial charge is 0.359 e. The first-order valence-electron chi connectivity index (χ1n) is 5.35. The molecule has 0 aromatic rings. The summed E-state index contributed by atoms with van der Waals surface area (Å²) >= 11 is 0. The molecule has 0 aliphatic rings. The second kappa shape index (κ2) is 4.33. The van der Waals surface area contributed by atoms with E-state index in [1.165, 1.54) is 0 Å². The molecular formula is C12H25NO. The highest BCUT2D eigenvalue weighted by atomic mass is 16.2. The van der Waals surface area contributed by atoms with Gasteiger partial charge in [-0.05, 0) is 17.8 Å². The predicted molar refractivity (Wildman–Crippen MR) is 61.1 cm³/mol. The normalized spacial score (nSPS) is 16.6. The van der Waals surface area contributed by atoms with Crippen molar-refractivity contribution in [3.63, 3.8) is 0 Å². The van der Waals surface area contributed by atoms with E-state index in [1.54, 1.807) is 7.05 Å². The average molecular weight is 199 g/mol. The van der Waals surface area contributed by atoms with Crippen LogP contribution in [0.3, 0.4) is 0 Å². The molecule has 0 aromatic heterocycles. The van der Waals surface area contributed by atoms with Crippen molar-refractivity contribution in [3.8, 4) is 0 Å². The summed E-state index contributed by atoms with van der Waals surface area (Å²) < 4.78 is 0. The van der Waals surface area contributed by atoms with Gasteiger partial charge in [-0.15, -0.1) is 0 Å². The van der Waals surface area contributed by atoms with Crippen LogP contribution in [0.2, 0.25) is 0 Å². The molecular weight excluding hydrogens is 174 g/mol. The first-order chi connectivity index (χ1) is 6.13. The standard InChI is InChI=1S/C12H25NO/c1-9(2)12(6,10(14)13-7)8-11(3,4)5/h9H,8H2,1-7H3,(H,13,14). The number of carbonyl (C=O) groups is 1. The molecule has 0 radical (unpaired) electrons. The molecule has 0 fully saturated rings. The zero-order valence-electron chi connectivity index (χ0n) is 10.7. The van der Waals surface area contributed by atoms with Gasteiger partial charge in [0.25, 0.3) is 0 Å². The molecule has 0 heterocycles. The quantitative estimate of drug-likeness (QED) is 0.744. The van der Waals surface area contributed by atoms with Crippen LogP contribution in [0.5, 0.6) is 0 Å². The van der Waals surface area contributed by atoms with Gasteiger partial charge in [-0.25, -0.2) is 0 Å². The Hall–Kier alpha value is -0.530. The Kier molecular flexibility index (Phi) is 4.16. The van der Waals surface area contributed by atoms with Gasteiger partial charge in [0.05, 0.1) is 0 Å². The minimum Gasteiger partial charge on any atom is -0.359 e.